The van der Waals surface area contributed by atoms with Gasteiger partial charge in [-0.25, -0.2) is 0 Å². The van der Waals surface area contributed by atoms with Crippen LogP contribution in [0.4, 0.5) is 0 Å². The highest BCUT2D eigenvalue weighted by Gasteiger charge is 2.14. The van der Waals surface area contributed by atoms with Crippen molar-refractivity contribution in [2.75, 3.05) is 45.9 Å². The predicted molar refractivity (Wildman–Crippen MR) is 49.9 cm³/mol. The molecule has 0 unspecified atom stereocenters. The first-order valence-corrected chi connectivity index (χ1v) is 4.71. The van der Waals surface area contributed by atoms with Crippen LogP contribution in [0.25, 0.3) is 0 Å². The molecule has 0 aliphatic carbocycles. The van der Waals surface area contributed by atoms with Gasteiger partial charge in [0.25, 0.3) is 0 Å². The summed E-state index contributed by atoms with van der Waals surface area (Å²) in [4.78, 5) is 4.74. The average Bonchev–Trinajstić information content (AvgIpc) is 2.09. The molecule has 0 spiro atoms. The van der Waals surface area contributed by atoms with Crippen LogP contribution in [0.15, 0.2) is 0 Å². The van der Waals surface area contributed by atoms with Gasteiger partial charge in [0, 0.05) is 32.7 Å². The molecule has 1 N–H and O–H groups in total. The third kappa shape index (κ3) is 3.09. The van der Waals surface area contributed by atoms with E-state index in [-0.39, 0.29) is 6.61 Å². The Labute approximate surface area is 75.0 Å². The third-order valence-electron chi connectivity index (χ3n) is 2.36. The zero-order chi connectivity index (χ0) is 8.81. The molecule has 0 aromatic heterocycles. The normalized spacial score (nSPS) is 21.5. The van der Waals surface area contributed by atoms with Gasteiger partial charge in [-0.15, -0.1) is 0 Å². The van der Waals surface area contributed by atoms with E-state index in [9.17, 15) is 0 Å². The van der Waals surface area contributed by atoms with Crippen molar-refractivity contribution < 1.29 is 5.11 Å². The number of β-amino-alcohol motifs (C(OH)–C–C–N with tert-alkyl or cyclic N) is 1. The summed E-state index contributed by atoms with van der Waals surface area (Å²) in [6, 6.07) is 0. The molecule has 3 nitrogen and oxygen atoms in total. The number of rotatable bonds is 4. The van der Waals surface area contributed by atoms with Gasteiger partial charge in [0.2, 0.25) is 0 Å². The number of aliphatic hydroxyl groups excluding tert-OH is 1. The molecule has 71 valence electrons. The van der Waals surface area contributed by atoms with Gasteiger partial charge in [0.1, 0.15) is 0 Å². The first-order valence-electron chi connectivity index (χ1n) is 4.71. The minimum Gasteiger partial charge on any atom is -0.395 e. The molecule has 1 heterocycles. The van der Waals surface area contributed by atoms with Gasteiger partial charge in [-0.1, -0.05) is 6.92 Å². The van der Waals surface area contributed by atoms with Gasteiger partial charge in [-0.2, -0.15) is 0 Å². The van der Waals surface area contributed by atoms with Crippen LogP contribution in [-0.2, 0) is 0 Å². The van der Waals surface area contributed by atoms with E-state index in [0.717, 1.165) is 45.7 Å². The lowest BCUT2D eigenvalue weighted by molar-refractivity contribution is 0.114. The van der Waals surface area contributed by atoms with Gasteiger partial charge in [0.15, 0.2) is 0 Å². The second-order valence-corrected chi connectivity index (χ2v) is 3.26. The molecule has 0 saturated carbocycles. The summed E-state index contributed by atoms with van der Waals surface area (Å²) in [6.07, 6.45) is 1.00. The maximum absolute atomic E-state index is 8.72. The molecule has 1 aliphatic rings. The Hall–Kier alpha value is -0.120. The average molecular weight is 171 g/mol. The Morgan fingerprint density at radius 3 is 1.92 bits per heavy atom. The van der Waals surface area contributed by atoms with Gasteiger partial charge in [-0.05, 0) is 13.0 Å². The predicted octanol–water partition coefficient (Wildman–Crippen LogP) is -0.180. The van der Waals surface area contributed by atoms with Crippen LogP contribution in [0.3, 0.4) is 0 Å². The number of nitrogens with zero attached hydrogens (tertiary/aromatic N) is 2. The lowest BCUT2D eigenvalue weighted by Gasteiger charge is -2.34. The molecule has 1 aliphatic heterocycles. The Morgan fingerprint density at radius 1 is 1.00 bits per heavy atom. The highest BCUT2D eigenvalue weighted by Crippen LogP contribution is 2.00. The van der Waals surface area contributed by atoms with Crippen LogP contribution >= 0.6 is 0 Å². The fourth-order valence-corrected chi connectivity index (χ4v) is 1.60. The Kier molecular flexibility index (Phi) is 4.58. The summed E-state index contributed by atoms with van der Waals surface area (Å²) in [5, 5.41) is 8.72. The van der Waals surface area contributed by atoms with E-state index in [1.165, 1.54) is 0 Å². The summed E-state index contributed by atoms with van der Waals surface area (Å²) < 4.78 is 0. The molecule has 1 saturated heterocycles. The first kappa shape index (κ1) is 9.96. The lowest BCUT2D eigenvalue weighted by atomic mass is 10.3. The summed E-state index contributed by atoms with van der Waals surface area (Å²) in [5.41, 5.74) is 0. The van der Waals surface area contributed by atoms with Crippen LogP contribution in [0.5, 0.6) is 0 Å². The van der Waals surface area contributed by atoms with Crippen molar-refractivity contribution in [2.45, 2.75) is 6.42 Å². The van der Waals surface area contributed by atoms with E-state index in [0.29, 0.717) is 0 Å². The summed E-state index contributed by atoms with van der Waals surface area (Å²) in [5.74, 6) is 0. The van der Waals surface area contributed by atoms with Crippen LogP contribution < -0.4 is 0 Å². The molecular weight excluding hydrogens is 152 g/mol. The highest BCUT2D eigenvalue weighted by molar-refractivity contribution is 4.71. The maximum atomic E-state index is 8.72. The van der Waals surface area contributed by atoms with E-state index < -0.39 is 0 Å². The second kappa shape index (κ2) is 5.51. The molecule has 0 atom stereocenters. The molecule has 1 fully saturated rings. The SMILES string of the molecule is [CH2]CCN1CCN(CCO)CC1. The topological polar surface area (TPSA) is 26.7 Å². The van der Waals surface area contributed by atoms with Gasteiger partial charge >= 0.3 is 0 Å². The van der Waals surface area contributed by atoms with E-state index in [1.54, 1.807) is 0 Å². The zero-order valence-corrected chi connectivity index (χ0v) is 7.71. The standard InChI is InChI=1S/C9H19N2O/c1-2-3-10-4-6-11(7-5-10)8-9-12/h12H,1-9H2. The summed E-state index contributed by atoms with van der Waals surface area (Å²) >= 11 is 0. The molecular formula is C9H19N2O. The molecule has 12 heavy (non-hydrogen) atoms. The zero-order valence-electron chi connectivity index (χ0n) is 7.71. The van der Waals surface area contributed by atoms with Crippen LogP contribution in [0, 0.1) is 6.92 Å². The molecule has 1 radical (unpaired) electrons. The van der Waals surface area contributed by atoms with Crippen molar-refractivity contribution in [3.8, 4) is 0 Å². The van der Waals surface area contributed by atoms with Crippen molar-refractivity contribution in [2.24, 2.45) is 0 Å². The van der Waals surface area contributed by atoms with Crippen LogP contribution in [0.1, 0.15) is 6.42 Å². The Balaban J connectivity index is 2.11. The van der Waals surface area contributed by atoms with Gasteiger partial charge < -0.3 is 10.0 Å². The number of aliphatic hydroxyl groups is 1. The molecule has 3 heteroatoms. The Morgan fingerprint density at radius 2 is 1.50 bits per heavy atom. The molecule has 0 aromatic carbocycles. The van der Waals surface area contributed by atoms with Crippen molar-refractivity contribution in [1.29, 1.82) is 0 Å². The van der Waals surface area contributed by atoms with E-state index in [1.807, 2.05) is 0 Å². The Bertz CT molecular complexity index is 97.1. The number of piperazine rings is 1. The third-order valence-corrected chi connectivity index (χ3v) is 2.36. The van der Waals surface area contributed by atoms with Gasteiger partial charge in [-0.3, -0.25) is 4.90 Å². The van der Waals surface area contributed by atoms with Crippen LogP contribution in [-0.4, -0.2) is 60.8 Å². The maximum Gasteiger partial charge on any atom is 0.0558 e. The molecule has 0 amide bonds. The van der Waals surface area contributed by atoms with Crippen molar-refractivity contribution in [3.63, 3.8) is 0 Å². The number of hydrogen-bond acceptors (Lipinski definition) is 3. The summed E-state index contributed by atoms with van der Waals surface area (Å²) in [6.45, 7) is 10.5. The smallest absolute Gasteiger partial charge is 0.0558 e. The van der Waals surface area contributed by atoms with Crippen molar-refractivity contribution in [1.82, 2.24) is 9.80 Å². The van der Waals surface area contributed by atoms with E-state index >= 15 is 0 Å². The lowest BCUT2D eigenvalue weighted by Crippen LogP contribution is -2.47. The minimum atomic E-state index is 0.287. The quantitative estimate of drug-likeness (QED) is 0.635. The van der Waals surface area contributed by atoms with Crippen molar-refractivity contribution >= 4 is 0 Å². The van der Waals surface area contributed by atoms with Crippen molar-refractivity contribution in [3.05, 3.63) is 6.92 Å². The summed E-state index contributed by atoms with van der Waals surface area (Å²) in [7, 11) is 0. The van der Waals surface area contributed by atoms with Crippen LogP contribution in [0.2, 0.25) is 0 Å². The first-order chi connectivity index (χ1) is 5.86. The van der Waals surface area contributed by atoms with Gasteiger partial charge in [0.05, 0.1) is 6.61 Å². The highest BCUT2D eigenvalue weighted by atomic mass is 16.3. The largest absolute Gasteiger partial charge is 0.395 e. The number of hydrogen-bond donors (Lipinski definition) is 1. The molecule has 1 rings (SSSR count). The molecule has 0 bridgehead atoms. The second-order valence-electron chi connectivity index (χ2n) is 3.26. The fraction of sp³-hybridized carbons (Fsp3) is 0.889. The monoisotopic (exact) mass is 171 g/mol. The molecule has 0 aromatic rings. The fourth-order valence-electron chi connectivity index (χ4n) is 1.60. The van der Waals surface area contributed by atoms with E-state index in [4.69, 9.17) is 5.11 Å². The van der Waals surface area contributed by atoms with E-state index in [2.05, 4.69) is 16.7 Å². The minimum absolute atomic E-state index is 0.287.